The Morgan fingerprint density at radius 1 is 1.50 bits per heavy atom. The zero-order chi connectivity index (χ0) is 3.54. The van der Waals surface area contributed by atoms with E-state index in [1.54, 1.807) is 0 Å². The minimum absolute atomic E-state index is 0. The van der Waals surface area contributed by atoms with Crippen molar-refractivity contribution < 1.29 is 10.2 Å². The molecule has 1 fully saturated rings. The van der Waals surface area contributed by atoms with Gasteiger partial charge in [-0.15, -0.1) is 0 Å². The lowest BCUT2D eigenvalue weighted by molar-refractivity contribution is 0.194. The smallest absolute Gasteiger partial charge is 0.0966 e. The lowest BCUT2D eigenvalue weighted by atomic mass is 10.7. The summed E-state index contributed by atoms with van der Waals surface area (Å²) in [7, 11) is 0. The number of nitrogens with one attached hydrogen (secondary N) is 1. The first-order valence-corrected chi connectivity index (χ1v) is 1.78. The van der Waals surface area contributed by atoms with Gasteiger partial charge in [-0.05, 0) is 0 Å². The maximum Gasteiger partial charge on any atom is 0.0966 e. The van der Waals surface area contributed by atoms with Crippen molar-refractivity contribution in [2.45, 2.75) is 0 Å². The van der Waals surface area contributed by atoms with Crippen LogP contribution in [0.25, 0.3) is 0 Å². The van der Waals surface area contributed by atoms with Gasteiger partial charge >= 0.3 is 0 Å². The predicted molar refractivity (Wildman–Crippen MR) is 22.4 cm³/mol. The molecule has 1 rings (SSSR count). The first kappa shape index (κ1) is 5.88. The van der Waals surface area contributed by atoms with Crippen LogP contribution < -0.4 is 5.32 Å². The van der Waals surface area contributed by atoms with Crippen LogP contribution in [0.15, 0.2) is 0 Å². The Morgan fingerprint density at radius 3 is 2.50 bits per heavy atom. The molecule has 0 aromatic rings. The van der Waals surface area contributed by atoms with E-state index >= 15 is 0 Å². The third kappa shape index (κ3) is 1.35. The summed E-state index contributed by atoms with van der Waals surface area (Å²) < 4.78 is 4.83. The summed E-state index contributed by atoms with van der Waals surface area (Å²) in [4.78, 5) is 0. The van der Waals surface area contributed by atoms with E-state index in [1.807, 2.05) is 0 Å². The van der Waals surface area contributed by atoms with Gasteiger partial charge in [0.2, 0.25) is 0 Å². The molecular formula is C3H9NO2. The fraction of sp³-hybridized carbons (Fsp3) is 1.00. The van der Waals surface area contributed by atoms with E-state index in [-0.39, 0.29) is 5.48 Å². The van der Waals surface area contributed by atoms with Crippen LogP contribution in [0.1, 0.15) is 0 Å². The molecule has 0 bridgehead atoms. The number of hydrogen-bond acceptors (Lipinski definition) is 2. The molecule has 0 saturated carbocycles. The minimum atomic E-state index is 0. The second-order valence-corrected chi connectivity index (χ2v) is 1.05. The van der Waals surface area contributed by atoms with Crippen molar-refractivity contribution >= 4 is 0 Å². The Balaban J connectivity index is 0.000000250. The third-order valence-electron chi connectivity index (χ3n) is 0.627. The molecule has 0 atom stereocenters. The molecule has 1 heterocycles. The zero-order valence-corrected chi connectivity index (χ0v) is 3.53. The molecule has 0 aromatic heterocycles. The van der Waals surface area contributed by atoms with Crippen molar-refractivity contribution in [2.24, 2.45) is 0 Å². The van der Waals surface area contributed by atoms with E-state index in [1.165, 1.54) is 0 Å². The van der Waals surface area contributed by atoms with Gasteiger partial charge in [0.05, 0.1) is 13.3 Å². The topological polar surface area (TPSA) is 52.8 Å². The molecular weight excluding hydrogens is 82.0 g/mol. The maximum atomic E-state index is 4.83. The van der Waals surface area contributed by atoms with Gasteiger partial charge in [-0.1, -0.05) is 0 Å². The largest absolute Gasteiger partial charge is 0.412 e. The highest BCUT2D eigenvalue weighted by Gasteiger charge is 1.92. The Bertz CT molecular complexity index is 20.4. The molecule has 6 heavy (non-hydrogen) atoms. The minimum Gasteiger partial charge on any atom is -0.412 e. The summed E-state index contributed by atoms with van der Waals surface area (Å²) >= 11 is 0. The quantitative estimate of drug-likeness (QED) is 0.404. The van der Waals surface area contributed by atoms with Gasteiger partial charge in [0.15, 0.2) is 0 Å². The van der Waals surface area contributed by atoms with Crippen LogP contribution in [0.5, 0.6) is 0 Å². The molecule has 0 aromatic carbocycles. The lowest BCUT2D eigenvalue weighted by Gasteiger charge is -1.76. The molecule has 0 aliphatic carbocycles. The van der Waals surface area contributed by atoms with Crippen molar-refractivity contribution in [2.75, 3.05) is 19.9 Å². The van der Waals surface area contributed by atoms with E-state index in [2.05, 4.69) is 5.32 Å². The molecule has 0 amide bonds. The van der Waals surface area contributed by atoms with Gasteiger partial charge in [0.1, 0.15) is 0 Å². The Hall–Kier alpha value is -0.120. The van der Waals surface area contributed by atoms with E-state index in [9.17, 15) is 0 Å². The van der Waals surface area contributed by atoms with Crippen molar-refractivity contribution in [3.05, 3.63) is 0 Å². The first-order chi connectivity index (χ1) is 2.50. The SMILES string of the molecule is C1COCN1.O. The fourth-order valence-electron chi connectivity index (χ4n) is 0.361. The molecule has 0 unspecified atom stereocenters. The van der Waals surface area contributed by atoms with Crippen molar-refractivity contribution in [3.63, 3.8) is 0 Å². The highest BCUT2D eigenvalue weighted by molar-refractivity contribution is 4.43. The Kier molecular flexibility index (Phi) is 3.02. The van der Waals surface area contributed by atoms with Gasteiger partial charge in [0, 0.05) is 6.54 Å². The summed E-state index contributed by atoms with van der Waals surface area (Å²) in [5, 5.41) is 3.00. The number of rotatable bonds is 0. The van der Waals surface area contributed by atoms with E-state index in [0.717, 1.165) is 19.9 Å². The van der Waals surface area contributed by atoms with E-state index in [0.29, 0.717) is 0 Å². The van der Waals surface area contributed by atoms with Crippen LogP contribution >= 0.6 is 0 Å². The number of ether oxygens (including phenoxy) is 1. The average molecular weight is 91.1 g/mol. The summed E-state index contributed by atoms with van der Waals surface area (Å²) in [6, 6.07) is 0. The van der Waals surface area contributed by atoms with Gasteiger partial charge in [0.25, 0.3) is 0 Å². The van der Waals surface area contributed by atoms with Crippen LogP contribution in [-0.4, -0.2) is 25.4 Å². The highest BCUT2D eigenvalue weighted by Crippen LogP contribution is 1.75. The van der Waals surface area contributed by atoms with E-state index in [4.69, 9.17) is 4.74 Å². The summed E-state index contributed by atoms with van der Waals surface area (Å²) in [6.45, 7) is 2.67. The molecule has 1 aliphatic rings. The first-order valence-electron chi connectivity index (χ1n) is 1.78. The second kappa shape index (κ2) is 3.08. The summed E-state index contributed by atoms with van der Waals surface area (Å²) in [5.74, 6) is 0. The van der Waals surface area contributed by atoms with Crippen LogP contribution in [-0.2, 0) is 4.74 Å². The molecule has 0 spiro atoms. The van der Waals surface area contributed by atoms with Crippen molar-refractivity contribution in [1.29, 1.82) is 0 Å². The van der Waals surface area contributed by atoms with Gasteiger partial charge in [-0.3, -0.25) is 5.32 Å². The van der Waals surface area contributed by atoms with Gasteiger partial charge in [-0.25, -0.2) is 0 Å². The van der Waals surface area contributed by atoms with Crippen LogP contribution in [0.3, 0.4) is 0 Å². The molecule has 38 valence electrons. The normalized spacial score (nSPS) is 20.0. The van der Waals surface area contributed by atoms with Crippen LogP contribution in [0.2, 0.25) is 0 Å². The molecule has 0 radical (unpaired) electrons. The standard InChI is InChI=1S/C3H7NO.H2O/c1-2-5-3-4-1;/h4H,1-3H2;1H2. The molecule has 1 aliphatic heterocycles. The second-order valence-electron chi connectivity index (χ2n) is 1.05. The molecule has 1 saturated heterocycles. The summed E-state index contributed by atoms with van der Waals surface area (Å²) in [6.07, 6.45) is 0. The molecule has 3 nitrogen and oxygen atoms in total. The fourth-order valence-corrected chi connectivity index (χ4v) is 0.361. The van der Waals surface area contributed by atoms with Crippen molar-refractivity contribution in [1.82, 2.24) is 5.32 Å². The monoisotopic (exact) mass is 91.1 g/mol. The summed E-state index contributed by atoms with van der Waals surface area (Å²) in [5.41, 5.74) is 0. The van der Waals surface area contributed by atoms with Crippen LogP contribution in [0, 0.1) is 0 Å². The Labute approximate surface area is 36.6 Å². The average Bonchev–Trinajstić information content (AvgIpc) is 1.76. The number of hydrogen-bond donors (Lipinski definition) is 1. The highest BCUT2D eigenvalue weighted by atomic mass is 16.5. The molecule has 3 N–H and O–H groups in total. The Morgan fingerprint density at radius 2 is 2.33 bits per heavy atom. The van der Waals surface area contributed by atoms with Crippen LogP contribution in [0.4, 0.5) is 0 Å². The van der Waals surface area contributed by atoms with Gasteiger partial charge < -0.3 is 10.2 Å². The van der Waals surface area contributed by atoms with E-state index < -0.39 is 0 Å². The zero-order valence-electron chi connectivity index (χ0n) is 3.53. The molecule has 3 heteroatoms. The maximum absolute atomic E-state index is 4.83. The van der Waals surface area contributed by atoms with Crippen molar-refractivity contribution in [3.8, 4) is 0 Å². The van der Waals surface area contributed by atoms with Gasteiger partial charge in [-0.2, -0.15) is 0 Å². The predicted octanol–water partition coefficient (Wildman–Crippen LogP) is -1.26. The third-order valence-corrected chi connectivity index (χ3v) is 0.627. The lowest BCUT2D eigenvalue weighted by Crippen LogP contribution is -2.05.